The maximum atomic E-state index is 9.37. The van der Waals surface area contributed by atoms with Gasteiger partial charge in [-0.3, -0.25) is 0 Å². The number of halogens is 1. The van der Waals surface area contributed by atoms with Crippen LogP contribution >= 0.6 is 15.9 Å². The van der Waals surface area contributed by atoms with Crippen molar-refractivity contribution in [1.29, 1.82) is 0 Å². The van der Waals surface area contributed by atoms with Crippen molar-refractivity contribution in [3.8, 4) is 0 Å². The lowest BCUT2D eigenvalue weighted by molar-refractivity contribution is 0.138. The van der Waals surface area contributed by atoms with E-state index in [0.717, 1.165) is 10.9 Å². The molecule has 1 N–H and O–H groups in total. The molecule has 1 aromatic rings. The van der Waals surface area contributed by atoms with Crippen LogP contribution in [0.15, 0.2) is 28.7 Å². The summed E-state index contributed by atoms with van der Waals surface area (Å²) in [6.07, 6.45) is 3.61. The minimum Gasteiger partial charge on any atom is -0.396 e. The molecule has 1 fully saturated rings. The van der Waals surface area contributed by atoms with Crippen molar-refractivity contribution in [3.05, 3.63) is 34.3 Å². The van der Waals surface area contributed by atoms with Gasteiger partial charge in [0.05, 0.1) is 0 Å². The number of hydrogen-bond donors (Lipinski definition) is 1. The van der Waals surface area contributed by atoms with E-state index < -0.39 is 0 Å². The summed E-state index contributed by atoms with van der Waals surface area (Å²) in [5, 5.41) is 9.37. The summed E-state index contributed by atoms with van der Waals surface area (Å²) in [5.41, 5.74) is 1.80. The van der Waals surface area contributed by atoms with Crippen LogP contribution in [-0.2, 0) is 5.41 Å². The van der Waals surface area contributed by atoms with Gasteiger partial charge in [-0.1, -0.05) is 41.9 Å². The highest BCUT2D eigenvalue weighted by atomic mass is 79.9. The molecule has 88 valence electrons. The Morgan fingerprint density at radius 1 is 1.25 bits per heavy atom. The van der Waals surface area contributed by atoms with Gasteiger partial charge in [-0.05, 0) is 47.8 Å². The maximum Gasteiger partial charge on any atom is 0.0482 e. The van der Waals surface area contributed by atoms with Crippen LogP contribution in [0, 0.1) is 5.41 Å². The van der Waals surface area contributed by atoms with E-state index in [2.05, 4.69) is 54.0 Å². The average Bonchev–Trinajstić information content (AvgIpc) is 2.99. The lowest BCUT2D eigenvalue weighted by atomic mass is 9.78. The van der Waals surface area contributed by atoms with Gasteiger partial charge in [0, 0.05) is 11.1 Å². The lowest BCUT2D eigenvalue weighted by Gasteiger charge is -2.28. The van der Waals surface area contributed by atoms with E-state index >= 15 is 0 Å². The van der Waals surface area contributed by atoms with Gasteiger partial charge in [0.1, 0.15) is 0 Å². The van der Waals surface area contributed by atoms with Gasteiger partial charge in [0.2, 0.25) is 0 Å². The molecule has 0 saturated heterocycles. The molecule has 1 aliphatic rings. The average molecular weight is 283 g/mol. The molecule has 0 unspecified atom stereocenters. The van der Waals surface area contributed by atoms with Crippen molar-refractivity contribution in [2.45, 2.75) is 38.5 Å². The third-order valence-electron chi connectivity index (χ3n) is 3.56. The number of aliphatic hydroxyl groups excluding tert-OH is 1. The van der Waals surface area contributed by atoms with E-state index in [4.69, 9.17) is 0 Å². The normalized spacial score (nSPS) is 18.5. The fraction of sp³-hybridized carbons (Fsp3) is 0.571. The maximum absolute atomic E-state index is 9.37. The number of aliphatic hydroxyl groups is 1. The summed E-state index contributed by atoms with van der Waals surface area (Å²) in [4.78, 5) is 0. The third kappa shape index (κ3) is 2.49. The summed E-state index contributed by atoms with van der Waals surface area (Å²) in [6, 6.07) is 8.65. The molecule has 0 aromatic heterocycles. The van der Waals surface area contributed by atoms with Crippen LogP contribution < -0.4 is 0 Å². The summed E-state index contributed by atoms with van der Waals surface area (Å²) in [6.45, 7) is 4.56. The topological polar surface area (TPSA) is 20.2 Å². The second-order valence-corrected chi connectivity index (χ2v) is 6.70. The predicted molar refractivity (Wildman–Crippen MR) is 70.5 cm³/mol. The molecule has 16 heavy (non-hydrogen) atoms. The molecule has 0 amide bonds. The highest BCUT2D eigenvalue weighted by Crippen LogP contribution is 2.54. The minimum absolute atomic E-state index is 0.0313. The molecule has 0 bridgehead atoms. The molecular formula is C14H19BrO. The van der Waals surface area contributed by atoms with E-state index in [1.54, 1.807) is 0 Å². The Morgan fingerprint density at radius 3 is 2.25 bits per heavy atom. The molecule has 1 aromatic carbocycles. The Kier molecular flexibility index (Phi) is 3.15. The largest absolute Gasteiger partial charge is 0.396 e. The fourth-order valence-corrected chi connectivity index (χ4v) is 2.76. The zero-order valence-electron chi connectivity index (χ0n) is 9.96. The summed E-state index contributed by atoms with van der Waals surface area (Å²) in [5.74, 6) is 0. The van der Waals surface area contributed by atoms with E-state index in [1.807, 2.05) is 0 Å². The molecule has 0 aliphatic heterocycles. The van der Waals surface area contributed by atoms with Gasteiger partial charge in [-0.25, -0.2) is 0 Å². The van der Waals surface area contributed by atoms with Crippen molar-refractivity contribution in [2.24, 2.45) is 5.41 Å². The monoisotopic (exact) mass is 282 g/mol. The van der Waals surface area contributed by atoms with Crippen LogP contribution in [0.3, 0.4) is 0 Å². The van der Waals surface area contributed by atoms with Gasteiger partial charge in [0.25, 0.3) is 0 Å². The first-order valence-electron chi connectivity index (χ1n) is 5.84. The van der Waals surface area contributed by atoms with E-state index in [9.17, 15) is 5.11 Å². The first-order chi connectivity index (χ1) is 7.47. The lowest BCUT2D eigenvalue weighted by Crippen LogP contribution is -2.24. The van der Waals surface area contributed by atoms with Crippen LogP contribution in [-0.4, -0.2) is 11.7 Å². The number of rotatable bonds is 4. The van der Waals surface area contributed by atoms with Crippen LogP contribution in [0.4, 0.5) is 0 Å². The molecule has 0 spiro atoms. The second-order valence-electron chi connectivity index (χ2n) is 5.79. The Balaban J connectivity index is 2.17. The van der Waals surface area contributed by atoms with Gasteiger partial charge in [-0.2, -0.15) is 0 Å². The molecule has 0 heterocycles. The Morgan fingerprint density at radius 2 is 1.81 bits per heavy atom. The number of benzene rings is 1. The van der Waals surface area contributed by atoms with Crippen molar-refractivity contribution >= 4 is 15.9 Å². The molecular weight excluding hydrogens is 264 g/mol. The first kappa shape index (κ1) is 12.1. The Hall–Kier alpha value is -0.340. The van der Waals surface area contributed by atoms with E-state index in [-0.39, 0.29) is 12.0 Å². The van der Waals surface area contributed by atoms with Gasteiger partial charge < -0.3 is 5.11 Å². The zero-order chi connectivity index (χ0) is 11.8. The van der Waals surface area contributed by atoms with Gasteiger partial charge in [0.15, 0.2) is 0 Å². The third-order valence-corrected chi connectivity index (χ3v) is 4.08. The first-order valence-corrected chi connectivity index (χ1v) is 6.64. The van der Waals surface area contributed by atoms with E-state index in [1.165, 1.54) is 18.4 Å². The second kappa shape index (κ2) is 4.15. The summed E-state index contributed by atoms with van der Waals surface area (Å²) < 4.78 is 1.13. The fourth-order valence-electron chi connectivity index (χ4n) is 2.49. The van der Waals surface area contributed by atoms with Crippen molar-refractivity contribution < 1.29 is 5.11 Å². The predicted octanol–water partition coefficient (Wildman–Crippen LogP) is 3.89. The molecule has 2 rings (SSSR count). The summed E-state index contributed by atoms with van der Waals surface area (Å²) >= 11 is 3.47. The van der Waals surface area contributed by atoms with Crippen LogP contribution in [0.1, 0.15) is 38.7 Å². The molecule has 2 heteroatoms. The highest BCUT2D eigenvalue weighted by Gasteiger charge is 2.47. The quantitative estimate of drug-likeness (QED) is 0.888. The van der Waals surface area contributed by atoms with Crippen LogP contribution in [0.5, 0.6) is 0 Å². The molecule has 1 aliphatic carbocycles. The standard InChI is InChI=1S/C14H19BrO/c1-13(2,10-16)9-14(7-8-14)11-3-5-12(15)6-4-11/h3-6,16H,7-10H2,1-2H3. The Bertz CT molecular complexity index is 363. The van der Waals surface area contributed by atoms with Crippen molar-refractivity contribution in [2.75, 3.05) is 6.61 Å². The van der Waals surface area contributed by atoms with Gasteiger partial charge in [-0.15, -0.1) is 0 Å². The molecule has 0 radical (unpaired) electrons. The molecule has 0 atom stereocenters. The number of hydrogen-bond acceptors (Lipinski definition) is 1. The van der Waals surface area contributed by atoms with Crippen LogP contribution in [0.2, 0.25) is 0 Å². The zero-order valence-corrected chi connectivity index (χ0v) is 11.5. The molecule has 1 saturated carbocycles. The van der Waals surface area contributed by atoms with Crippen molar-refractivity contribution in [3.63, 3.8) is 0 Å². The van der Waals surface area contributed by atoms with Gasteiger partial charge >= 0.3 is 0 Å². The summed E-state index contributed by atoms with van der Waals surface area (Å²) in [7, 11) is 0. The minimum atomic E-state index is 0.0313. The molecule has 1 nitrogen and oxygen atoms in total. The van der Waals surface area contributed by atoms with E-state index in [0.29, 0.717) is 5.41 Å². The smallest absolute Gasteiger partial charge is 0.0482 e. The highest BCUT2D eigenvalue weighted by molar-refractivity contribution is 9.10. The SMILES string of the molecule is CC(C)(CO)CC1(c2ccc(Br)cc2)CC1. The van der Waals surface area contributed by atoms with Crippen LogP contribution in [0.25, 0.3) is 0 Å². The van der Waals surface area contributed by atoms with Crippen molar-refractivity contribution in [1.82, 2.24) is 0 Å². The Labute approximate surface area is 106 Å².